The number of halogens is 8. The fourth-order valence-electron chi connectivity index (χ4n) is 5.09. The lowest BCUT2D eigenvalue weighted by molar-refractivity contribution is -0.361. The fraction of sp³-hybridized carbons (Fsp3) is 0.462. The Morgan fingerprint density at radius 1 is 1.14 bits per heavy atom. The molecular formula is C26H24F8N6O4. The third-order valence-corrected chi connectivity index (χ3v) is 6.80. The van der Waals surface area contributed by atoms with Crippen LogP contribution in [0.15, 0.2) is 53.1 Å². The summed E-state index contributed by atoms with van der Waals surface area (Å²) in [5, 5.41) is 11.8. The summed E-state index contributed by atoms with van der Waals surface area (Å²) in [6.07, 6.45) is -13.3. The van der Waals surface area contributed by atoms with Crippen LogP contribution in [0, 0.1) is 0 Å². The zero-order valence-corrected chi connectivity index (χ0v) is 23.2. The highest BCUT2D eigenvalue weighted by Gasteiger charge is 2.47. The van der Waals surface area contributed by atoms with Gasteiger partial charge in [-0.25, -0.2) is 4.79 Å². The van der Waals surface area contributed by atoms with Crippen molar-refractivity contribution < 1.29 is 54.1 Å². The summed E-state index contributed by atoms with van der Waals surface area (Å²) in [6, 6.07) is 0.175. The number of carbonyl (C=O) groups excluding carboxylic acids is 1. The highest BCUT2D eigenvalue weighted by Crippen LogP contribution is 2.46. The zero-order chi connectivity index (χ0) is 32.2. The van der Waals surface area contributed by atoms with Crippen LogP contribution in [0.1, 0.15) is 43.4 Å². The smallest absolute Gasteiger partial charge is 0.446 e. The SMILES string of the molecule is CC(C)OC(=O)N1CCCC(N(Cc2cc(C(F)(F)F)cc(C(F)(F)F)c2)c2nnn(C)n2)C2=C1C1=COC(F)(F)OC1=C2. The van der Waals surface area contributed by atoms with Crippen molar-refractivity contribution in [2.75, 3.05) is 11.4 Å². The Morgan fingerprint density at radius 3 is 2.36 bits per heavy atom. The van der Waals surface area contributed by atoms with Gasteiger partial charge in [0.05, 0.1) is 41.6 Å². The van der Waals surface area contributed by atoms with Crippen LogP contribution in [0.4, 0.5) is 45.9 Å². The predicted octanol–water partition coefficient (Wildman–Crippen LogP) is 5.90. The maximum Gasteiger partial charge on any atom is 0.585 e. The molecule has 1 aromatic heterocycles. The minimum atomic E-state index is -5.10. The summed E-state index contributed by atoms with van der Waals surface area (Å²) in [5.41, 5.74) is -3.26. The molecule has 0 saturated carbocycles. The molecule has 1 amide bonds. The number of ether oxygens (including phenoxy) is 3. The van der Waals surface area contributed by atoms with Crippen LogP contribution in [-0.4, -0.2) is 56.2 Å². The van der Waals surface area contributed by atoms with E-state index in [9.17, 15) is 39.9 Å². The number of alkyl halides is 8. The number of aryl methyl sites for hydroxylation is 1. The fourth-order valence-corrected chi connectivity index (χ4v) is 5.09. The molecule has 10 nitrogen and oxygen atoms in total. The molecule has 1 unspecified atom stereocenters. The van der Waals surface area contributed by atoms with E-state index in [1.165, 1.54) is 22.9 Å². The number of nitrogens with zero attached hydrogens (tertiary/aromatic N) is 6. The van der Waals surface area contributed by atoms with Gasteiger partial charge in [-0.05, 0) is 61.7 Å². The maximum atomic E-state index is 14.0. The van der Waals surface area contributed by atoms with Crippen LogP contribution < -0.4 is 4.90 Å². The standard InChI is InChI=1S/C26H24F8N6O4/c1-13(2)43-23(41)39-6-4-5-19(17-10-20-18(21(17)39)12-42-26(33,34)44-20)40(22-35-37-38(3)36-22)11-14-7-15(24(27,28)29)9-16(8-14)25(30,31)32/h7-10,12-13,19H,4-6,11H2,1-3H3. The van der Waals surface area contributed by atoms with Crippen LogP contribution in [0.25, 0.3) is 0 Å². The van der Waals surface area contributed by atoms with Crippen molar-refractivity contribution in [1.82, 2.24) is 25.1 Å². The van der Waals surface area contributed by atoms with Crippen molar-refractivity contribution in [2.24, 2.45) is 7.05 Å². The summed E-state index contributed by atoms with van der Waals surface area (Å²) >= 11 is 0. The highest BCUT2D eigenvalue weighted by atomic mass is 19.4. The molecule has 0 bridgehead atoms. The lowest BCUT2D eigenvalue weighted by atomic mass is 9.99. The number of hydrogen-bond donors (Lipinski definition) is 0. The van der Waals surface area contributed by atoms with E-state index >= 15 is 0 Å². The second kappa shape index (κ2) is 11.0. The summed E-state index contributed by atoms with van der Waals surface area (Å²) in [6.45, 7) is 2.63. The number of carbonyl (C=O) groups is 1. The predicted molar refractivity (Wildman–Crippen MR) is 133 cm³/mol. The molecule has 1 aromatic carbocycles. The van der Waals surface area contributed by atoms with Crippen LogP contribution in [0.2, 0.25) is 0 Å². The Balaban J connectivity index is 1.66. The van der Waals surface area contributed by atoms with Gasteiger partial charge in [0, 0.05) is 18.7 Å². The number of benzene rings is 1. The first-order valence-corrected chi connectivity index (χ1v) is 13.1. The number of hydrogen-bond acceptors (Lipinski definition) is 8. The van der Waals surface area contributed by atoms with Gasteiger partial charge in [-0.3, -0.25) is 4.90 Å². The molecular weight excluding hydrogens is 612 g/mol. The van der Waals surface area contributed by atoms with Crippen molar-refractivity contribution in [3.63, 3.8) is 0 Å². The van der Waals surface area contributed by atoms with Crippen molar-refractivity contribution in [3.05, 3.63) is 69.8 Å². The van der Waals surface area contributed by atoms with E-state index in [2.05, 4.69) is 20.1 Å². The topological polar surface area (TPSA) is 94.8 Å². The molecule has 238 valence electrons. The molecule has 2 aliphatic heterocycles. The number of rotatable bonds is 5. The third-order valence-electron chi connectivity index (χ3n) is 6.80. The molecule has 0 radical (unpaired) electrons. The molecule has 1 atom stereocenters. The number of amides is 1. The van der Waals surface area contributed by atoms with E-state index in [0.29, 0.717) is 18.4 Å². The lowest BCUT2D eigenvalue weighted by Gasteiger charge is -2.31. The minimum absolute atomic E-state index is 0.00890. The van der Waals surface area contributed by atoms with Gasteiger partial charge in [-0.2, -0.15) is 31.1 Å². The van der Waals surface area contributed by atoms with Gasteiger partial charge >= 0.3 is 24.7 Å². The molecule has 1 aliphatic carbocycles. The van der Waals surface area contributed by atoms with Crippen molar-refractivity contribution in [3.8, 4) is 0 Å². The van der Waals surface area contributed by atoms with E-state index in [0.717, 1.165) is 4.80 Å². The second-order valence-electron chi connectivity index (χ2n) is 10.4. The molecule has 0 spiro atoms. The highest BCUT2D eigenvalue weighted by molar-refractivity contribution is 5.75. The maximum absolute atomic E-state index is 14.0. The average Bonchev–Trinajstić information content (AvgIpc) is 3.43. The first kappa shape index (κ1) is 31.1. The molecule has 44 heavy (non-hydrogen) atoms. The molecule has 2 aromatic rings. The lowest BCUT2D eigenvalue weighted by Crippen LogP contribution is -2.38. The van der Waals surface area contributed by atoms with E-state index in [4.69, 9.17) is 9.47 Å². The normalized spacial score (nSPS) is 19.8. The van der Waals surface area contributed by atoms with Crippen LogP contribution >= 0.6 is 0 Å². The van der Waals surface area contributed by atoms with Gasteiger partial charge < -0.3 is 19.1 Å². The first-order valence-electron chi connectivity index (χ1n) is 13.1. The van der Waals surface area contributed by atoms with Crippen molar-refractivity contribution in [1.29, 1.82) is 0 Å². The Kier molecular flexibility index (Phi) is 7.74. The zero-order valence-electron chi connectivity index (χ0n) is 23.2. The first-order chi connectivity index (χ1) is 20.4. The van der Waals surface area contributed by atoms with Gasteiger partial charge in [0.2, 0.25) is 0 Å². The van der Waals surface area contributed by atoms with Gasteiger partial charge in [0.25, 0.3) is 5.95 Å². The largest absolute Gasteiger partial charge is 0.585 e. The van der Waals surface area contributed by atoms with Gasteiger partial charge in [0.15, 0.2) is 0 Å². The van der Waals surface area contributed by atoms with E-state index < -0.39 is 60.1 Å². The van der Waals surface area contributed by atoms with Crippen LogP contribution in [-0.2, 0) is 40.2 Å². The van der Waals surface area contributed by atoms with Crippen LogP contribution in [0.5, 0.6) is 0 Å². The Hall–Kier alpha value is -4.38. The van der Waals surface area contributed by atoms with E-state index in [1.807, 2.05) is 0 Å². The Bertz CT molecular complexity index is 1510. The number of aromatic nitrogens is 4. The quantitative estimate of drug-likeness (QED) is 0.375. The van der Waals surface area contributed by atoms with Gasteiger partial charge in [-0.15, -0.1) is 13.9 Å². The summed E-state index contributed by atoms with van der Waals surface area (Å²) in [7, 11) is 1.40. The summed E-state index contributed by atoms with van der Waals surface area (Å²) in [4.78, 5) is 16.6. The average molecular weight is 637 g/mol. The molecule has 18 heteroatoms. The molecule has 0 fully saturated rings. The molecule has 0 N–H and O–H groups in total. The van der Waals surface area contributed by atoms with Gasteiger partial charge in [-0.1, -0.05) is 5.10 Å². The van der Waals surface area contributed by atoms with Crippen molar-refractivity contribution in [2.45, 2.75) is 64.0 Å². The molecule has 3 aliphatic rings. The molecule has 0 saturated heterocycles. The molecule has 3 heterocycles. The van der Waals surface area contributed by atoms with Crippen LogP contribution in [0.3, 0.4) is 0 Å². The number of fused-ring (bicyclic) bond motifs is 2. The monoisotopic (exact) mass is 636 g/mol. The minimum Gasteiger partial charge on any atom is -0.446 e. The van der Waals surface area contributed by atoms with E-state index in [1.54, 1.807) is 13.8 Å². The van der Waals surface area contributed by atoms with Gasteiger partial charge in [0.1, 0.15) is 12.0 Å². The van der Waals surface area contributed by atoms with Crippen molar-refractivity contribution >= 4 is 12.0 Å². The Morgan fingerprint density at radius 2 is 1.80 bits per heavy atom. The number of tetrazole rings is 1. The number of anilines is 1. The second-order valence-corrected chi connectivity index (χ2v) is 10.4. The Labute approximate surface area is 244 Å². The third kappa shape index (κ3) is 6.28. The summed E-state index contributed by atoms with van der Waals surface area (Å²) in [5.74, 6) is -0.552. The summed E-state index contributed by atoms with van der Waals surface area (Å²) < 4.78 is 124. The molecule has 5 rings (SSSR count). The van der Waals surface area contributed by atoms with E-state index in [-0.39, 0.29) is 54.0 Å².